The third-order valence-corrected chi connectivity index (χ3v) is 3.94. The van der Waals surface area contributed by atoms with Gasteiger partial charge in [0.2, 0.25) is 0 Å². The highest BCUT2D eigenvalue weighted by molar-refractivity contribution is 5.96. The van der Waals surface area contributed by atoms with Gasteiger partial charge in [-0.25, -0.2) is 0 Å². The van der Waals surface area contributed by atoms with Gasteiger partial charge in [0.25, 0.3) is 0 Å². The number of benzene rings is 4. The zero-order chi connectivity index (χ0) is 14.2. The third kappa shape index (κ3) is 1.95. The number of hydrogen-bond acceptors (Lipinski definition) is 0. The minimum atomic E-state index is 0.100. The molecule has 99 valence electrons. The molecule has 21 heavy (non-hydrogen) atoms. The van der Waals surface area contributed by atoms with Gasteiger partial charge in [0.1, 0.15) is 0 Å². The first-order valence-corrected chi connectivity index (χ1v) is 7.01. The topological polar surface area (TPSA) is 19.9 Å². The van der Waals surface area contributed by atoms with Gasteiger partial charge >= 0.3 is 0 Å². The molecule has 0 saturated carbocycles. The quantitative estimate of drug-likeness (QED) is 0.416. The Morgan fingerprint density at radius 2 is 1.24 bits per heavy atom. The molecule has 0 aromatic heterocycles. The Hall–Kier alpha value is -2.80. The summed E-state index contributed by atoms with van der Waals surface area (Å²) in [7, 11) is 0. The van der Waals surface area contributed by atoms with E-state index in [2.05, 4.69) is 24.3 Å². The SMILES string of the molecule is [O]c1c(-c2ccc3ccccc3c2)ccc2ccccc12. The first-order chi connectivity index (χ1) is 10.3. The van der Waals surface area contributed by atoms with Crippen molar-refractivity contribution in [2.45, 2.75) is 0 Å². The molecule has 4 aromatic rings. The van der Waals surface area contributed by atoms with Gasteiger partial charge in [-0.05, 0) is 33.9 Å². The lowest BCUT2D eigenvalue weighted by molar-refractivity contribution is 0.362. The lowest BCUT2D eigenvalue weighted by atomic mass is 9.97. The van der Waals surface area contributed by atoms with Crippen LogP contribution in [0.1, 0.15) is 0 Å². The predicted octanol–water partition coefficient (Wildman–Crippen LogP) is 5.80. The van der Waals surface area contributed by atoms with Crippen LogP contribution in [0.25, 0.3) is 32.7 Å². The molecule has 1 heteroatoms. The van der Waals surface area contributed by atoms with Crippen molar-refractivity contribution in [1.29, 1.82) is 0 Å². The summed E-state index contributed by atoms with van der Waals surface area (Å²) >= 11 is 0. The highest BCUT2D eigenvalue weighted by Gasteiger charge is 2.10. The van der Waals surface area contributed by atoms with E-state index in [-0.39, 0.29) is 5.75 Å². The molecule has 0 amide bonds. The Morgan fingerprint density at radius 3 is 2.10 bits per heavy atom. The molecule has 1 nitrogen and oxygen atoms in total. The average molecular weight is 269 g/mol. The van der Waals surface area contributed by atoms with Crippen LogP contribution in [0.2, 0.25) is 0 Å². The highest BCUT2D eigenvalue weighted by atomic mass is 16.3. The third-order valence-electron chi connectivity index (χ3n) is 3.94. The Labute approximate surface area is 123 Å². The van der Waals surface area contributed by atoms with Gasteiger partial charge in [-0.3, -0.25) is 5.11 Å². The zero-order valence-electron chi connectivity index (χ0n) is 11.4. The molecule has 0 heterocycles. The molecule has 1 radical (unpaired) electrons. The van der Waals surface area contributed by atoms with E-state index in [1.54, 1.807) is 0 Å². The van der Waals surface area contributed by atoms with Gasteiger partial charge in [-0.1, -0.05) is 66.7 Å². The number of rotatable bonds is 1. The molecule has 0 aliphatic rings. The van der Waals surface area contributed by atoms with Crippen LogP contribution in [0, 0.1) is 0 Å². The standard InChI is InChI=1S/C20H13O/c21-20-18-8-4-3-6-15(18)11-12-19(20)17-10-9-14-5-1-2-7-16(14)13-17/h1-13H. The Bertz CT molecular complexity index is 954. The van der Waals surface area contributed by atoms with Gasteiger partial charge in [0, 0.05) is 10.9 Å². The molecule has 0 atom stereocenters. The lowest BCUT2D eigenvalue weighted by Crippen LogP contribution is -1.82. The fraction of sp³-hybridized carbons (Fsp3) is 0. The Morgan fingerprint density at radius 1 is 0.571 bits per heavy atom. The maximum atomic E-state index is 12.7. The molecular formula is C20H13O. The molecule has 0 bridgehead atoms. The van der Waals surface area contributed by atoms with Crippen molar-refractivity contribution in [2.24, 2.45) is 0 Å². The zero-order valence-corrected chi connectivity index (χ0v) is 11.4. The van der Waals surface area contributed by atoms with E-state index in [1.165, 1.54) is 5.39 Å². The fourth-order valence-electron chi connectivity index (χ4n) is 2.83. The van der Waals surface area contributed by atoms with E-state index in [4.69, 9.17) is 0 Å². The van der Waals surface area contributed by atoms with Gasteiger partial charge in [0.05, 0.1) is 0 Å². The normalized spacial score (nSPS) is 11.0. The molecular weight excluding hydrogens is 256 g/mol. The van der Waals surface area contributed by atoms with Gasteiger partial charge in [0.15, 0.2) is 5.75 Å². The van der Waals surface area contributed by atoms with E-state index in [1.807, 2.05) is 54.6 Å². The summed E-state index contributed by atoms with van der Waals surface area (Å²) in [5, 5.41) is 16.8. The lowest BCUT2D eigenvalue weighted by Gasteiger charge is -2.07. The van der Waals surface area contributed by atoms with Crippen LogP contribution in [0.4, 0.5) is 0 Å². The van der Waals surface area contributed by atoms with Crippen LogP contribution in [-0.4, -0.2) is 0 Å². The summed E-state index contributed by atoms with van der Waals surface area (Å²) < 4.78 is 0. The van der Waals surface area contributed by atoms with Crippen molar-refractivity contribution in [3.8, 4) is 16.9 Å². The number of fused-ring (bicyclic) bond motifs is 2. The maximum absolute atomic E-state index is 12.7. The van der Waals surface area contributed by atoms with E-state index in [9.17, 15) is 5.11 Å². The Balaban J connectivity index is 1.97. The summed E-state index contributed by atoms with van der Waals surface area (Å²) in [5.41, 5.74) is 1.74. The van der Waals surface area contributed by atoms with E-state index < -0.39 is 0 Å². The molecule has 0 unspecified atom stereocenters. The van der Waals surface area contributed by atoms with E-state index in [0.29, 0.717) is 0 Å². The molecule has 4 rings (SSSR count). The van der Waals surface area contributed by atoms with Crippen LogP contribution in [-0.2, 0) is 5.11 Å². The van der Waals surface area contributed by atoms with Crippen molar-refractivity contribution >= 4 is 21.5 Å². The van der Waals surface area contributed by atoms with Crippen molar-refractivity contribution in [1.82, 2.24) is 0 Å². The summed E-state index contributed by atoms with van der Waals surface area (Å²) in [6.07, 6.45) is 0. The van der Waals surface area contributed by atoms with Gasteiger partial charge in [-0.15, -0.1) is 0 Å². The fourth-order valence-corrected chi connectivity index (χ4v) is 2.83. The minimum Gasteiger partial charge on any atom is -0.289 e. The van der Waals surface area contributed by atoms with Gasteiger partial charge < -0.3 is 0 Å². The van der Waals surface area contributed by atoms with Gasteiger partial charge in [-0.2, -0.15) is 0 Å². The maximum Gasteiger partial charge on any atom is 0.194 e. The Kier molecular flexibility index (Phi) is 2.65. The van der Waals surface area contributed by atoms with E-state index in [0.717, 1.165) is 27.3 Å². The molecule has 0 spiro atoms. The second kappa shape index (κ2) is 4.64. The largest absolute Gasteiger partial charge is 0.289 e. The second-order valence-electron chi connectivity index (χ2n) is 5.23. The summed E-state index contributed by atoms with van der Waals surface area (Å²) in [6, 6.07) is 26.0. The molecule has 0 aliphatic heterocycles. The smallest absolute Gasteiger partial charge is 0.194 e. The monoisotopic (exact) mass is 269 g/mol. The summed E-state index contributed by atoms with van der Waals surface area (Å²) in [6.45, 7) is 0. The first-order valence-electron chi connectivity index (χ1n) is 7.01. The summed E-state index contributed by atoms with van der Waals surface area (Å²) in [5.74, 6) is 0.100. The molecule has 0 aliphatic carbocycles. The average Bonchev–Trinajstić information content (AvgIpc) is 2.55. The van der Waals surface area contributed by atoms with Crippen LogP contribution in [0.15, 0.2) is 78.9 Å². The van der Waals surface area contributed by atoms with Crippen molar-refractivity contribution in [3.63, 3.8) is 0 Å². The predicted molar refractivity (Wildman–Crippen MR) is 87.0 cm³/mol. The summed E-state index contributed by atoms with van der Waals surface area (Å²) in [4.78, 5) is 0. The van der Waals surface area contributed by atoms with Crippen LogP contribution in [0.3, 0.4) is 0 Å². The van der Waals surface area contributed by atoms with Crippen LogP contribution >= 0.6 is 0 Å². The molecule has 0 saturated heterocycles. The van der Waals surface area contributed by atoms with Crippen molar-refractivity contribution < 1.29 is 5.11 Å². The van der Waals surface area contributed by atoms with E-state index >= 15 is 0 Å². The van der Waals surface area contributed by atoms with Crippen molar-refractivity contribution in [2.75, 3.05) is 0 Å². The van der Waals surface area contributed by atoms with Crippen molar-refractivity contribution in [3.05, 3.63) is 78.9 Å². The molecule has 4 aromatic carbocycles. The molecule has 0 N–H and O–H groups in total. The first kappa shape index (κ1) is 12.0. The highest BCUT2D eigenvalue weighted by Crippen LogP contribution is 2.37. The second-order valence-corrected chi connectivity index (χ2v) is 5.23. The van der Waals surface area contributed by atoms with Crippen LogP contribution in [0.5, 0.6) is 5.75 Å². The van der Waals surface area contributed by atoms with Crippen LogP contribution < -0.4 is 0 Å². The molecule has 0 fully saturated rings. The minimum absolute atomic E-state index is 0.100. The number of hydrogen-bond donors (Lipinski definition) is 0.